The van der Waals surface area contributed by atoms with Crippen LogP contribution >= 0.6 is 11.8 Å². The Bertz CT molecular complexity index is 1410. The van der Waals surface area contributed by atoms with E-state index in [0.717, 1.165) is 28.9 Å². The van der Waals surface area contributed by atoms with Crippen molar-refractivity contribution in [3.05, 3.63) is 83.9 Å². The number of carbonyl (C=O) groups excluding carboxylic acids is 2. The lowest BCUT2D eigenvalue weighted by Crippen LogP contribution is -2.23. The maximum atomic E-state index is 13.1. The predicted molar refractivity (Wildman–Crippen MR) is 141 cm³/mol. The highest BCUT2D eigenvalue weighted by atomic mass is 32.2. The molecular formula is C28H26N4O3S. The molecule has 2 heterocycles. The van der Waals surface area contributed by atoms with Gasteiger partial charge in [0.05, 0.1) is 18.4 Å². The minimum Gasteiger partial charge on any atom is -0.496 e. The Balaban J connectivity index is 1.44. The number of rotatable bonds is 8. The average Bonchev–Trinajstić information content (AvgIpc) is 3.54. The Hall–Kier alpha value is -3.91. The molecule has 0 radical (unpaired) electrons. The molecule has 1 aliphatic rings. The first-order chi connectivity index (χ1) is 17.5. The lowest BCUT2D eigenvalue weighted by atomic mass is 10.1. The third kappa shape index (κ3) is 4.77. The van der Waals surface area contributed by atoms with Crippen LogP contribution in [0.1, 0.15) is 28.8 Å². The minimum atomic E-state index is -0.0363. The van der Waals surface area contributed by atoms with Crippen LogP contribution in [0.25, 0.3) is 17.1 Å². The monoisotopic (exact) mass is 498 g/mol. The van der Waals surface area contributed by atoms with Crippen molar-refractivity contribution in [2.75, 3.05) is 24.3 Å². The van der Waals surface area contributed by atoms with Gasteiger partial charge in [0, 0.05) is 29.9 Å². The fourth-order valence-electron chi connectivity index (χ4n) is 4.28. The Morgan fingerprint density at radius 2 is 1.81 bits per heavy atom. The SMILES string of the molecule is COc1ccccc1-c1nnc(SCC(=O)c2cccc(N3CCCC3=O)c2)n1-c1ccc(C)cc1. The molecule has 0 bridgehead atoms. The number of aromatic nitrogens is 3. The molecule has 1 aromatic heterocycles. The van der Waals surface area contributed by atoms with Gasteiger partial charge in [-0.05, 0) is 49.7 Å². The molecule has 1 saturated heterocycles. The standard InChI is InChI=1S/C28H26N4O3S/c1-19-12-14-21(15-13-19)32-27(23-9-3-4-10-25(23)35-2)29-30-28(32)36-18-24(33)20-7-5-8-22(17-20)31-16-6-11-26(31)34/h3-5,7-10,12-15,17H,6,11,16,18H2,1-2H3. The number of amides is 1. The van der Waals surface area contributed by atoms with Crippen LogP contribution in [0.2, 0.25) is 0 Å². The molecule has 0 saturated carbocycles. The normalized spacial score (nSPS) is 13.3. The first-order valence-electron chi connectivity index (χ1n) is 11.8. The number of benzene rings is 3. The summed E-state index contributed by atoms with van der Waals surface area (Å²) in [6.07, 6.45) is 1.40. The van der Waals surface area contributed by atoms with Crippen LogP contribution in [-0.2, 0) is 4.79 Å². The second-order valence-corrected chi connectivity index (χ2v) is 9.53. The molecule has 3 aromatic carbocycles. The maximum Gasteiger partial charge on any atom is 0.227 e. The van der Waals surface area contributed by atoms with E-state index >= 15 is 0 Å². The van der Waals surface area contributed by atoms with E-state index in [4.69, 9.17) is 4.74 Å². The molecule has 0 atom stereocenters. The molecule has 1 aliphatic heterocycles. The van der Waals surface area contributed by atoms with E-state index < -0.39 is 0 Å². The van der Waals surface area contributed by atoms with Crippen LogP contribution < -0.4 is 9.64 Å². The maximum absolute atomic E-state index is 13.1. The van der Waals surface area contributed by atoms with Gasteiger partial charge in [-0.1, -0.05) is 53.7 Å². The van der Waals surface area contributed by atoms with Crippen molar-refractivity contribution in [3.8, 4) is 22.8 Å². The van der Waals surface area contributed by atoms with E-state index in [1.165, 1.54) is 11.8 Å². The topological polar surface area (TPSA) is 77.3 Å². The third-order valence-electron chi connectivity index (χ3n) is 6.16. The van der Waals surface area contributed by atoms with Gasteiger partial charge in [0.25, 0.3) is 0 Å². The molecule has 5 rings (SSSR count). The number of aryl methyl sites for hydroxylation is 1. The third-order valence-corrected chi connectivity index (χ3v) is 7.09. The summed E-state index contributed by atoms with van der Waals surface area (Å²) in [5, 5.41) is 9.52. The van der Waals surface area contributed by atoms with Gasteiger partial charge in [-0.15, -0.1) is 10.2 Å². The summed E-state index contributed by atoms with van der Waals surface area (Å²) in [5.74, 6) is 1.59. The molecule has 7 nitrogen and oxygen atoms in total. The lowest BCUT2D eigenvalue weighted by Gasteiger charge is -2.16. The van der Waals surface area contributed by atoms with E-state index in [-0.39, 0.29) is 17.4 Å². The highest BCUT2D eigenvalue weighted by Crippen LogP contribution is 2.33. The number of para-hydroxylation sites is 1. The van der Waals surface area contributed by atoms with Gasteiger partial charge in [0.15, 0.2) is 16.8 Å². The summed E-state index contributed by atoms with van der Waals surface area (Å²) in [6.45, 7) is 2.73. The van der Waals surface area contributed by atoms with Gasteiger partial charge in [-0.25, -0.2) is 0 Å². The van der Waals surface area contributed by atoms with E-state index in [1.54, 1.807) is 24.1 Å². The number of hydrogen-bond donors (Lipinski definition) is 0. The van der Waals surface area contributed by atoms with Crippen LogP contribution in [0.15, 0.2) is 78.0 Å². The van der Waals surface area contributed by atoms with Crippen LogP contribution in [0.4, 0.5) is 5.69 Å². The van der Waals surface area contributed by atoms with Crippen molar-refractivity contribution in [3.63, 3.8) is 0 Å². The molecular weight excluding hydrogens is 472 g/mol. The zero-order valence-corrected chi connectivity index (χ0v) is 21.0. The number of hydrogen-bond acceptors (Lipinski definition) is 6. The number of anilines is 1. The van der Waals surface area contributed by atoms with Gasteiger partial charge < -0.3 is 9.64 Å². The quantitative estimate of drug-likeness (QED) is 0.241. The van der Waals surface area contributed by atoms with Gasteiger partial charge in [-0.3, -0.25) is 14.2 Å². The average molecular weight is 499 g/mol. The summed E-state index contributed by atoms with van der Waals surface area (Å²) < 4.78 is 7.52. The molecule has 36 heavy (non-hydrogen) atoms. The lowest BCUT2D eigenvalue weighted by molar-refractivity contribution is -0.117. The number of ketones is 1. The van der Waals surface area contributed by atoms with Gasteiger partial charge in [0.2, 0.25) is 5.91 Å². The summed E-state index contributed by atoms with van der Waals surface area (Å²) in [5.41, 5.74) is 4.21. The largest absolute Gasteiger partial charge is 0.496 e. The molecule has 1 fully saturated rings. The molecule has 0 aliphatic carbocycles. The van der Waals surface area contributed by atoms with Crippen molar-refractivity contribution in [2.24, 2.45) is 0 Å². The summed E-state index contributed by atoms with van der Waals surface area (Å²) >= 11 is 1.34. The Morgan fingerprint density at radius 3 is 2.56 bits per heavy atom. The van der Waals surface area contributed by atoms with Crippen LogP contribution in [0, 0.1) is 6.92 Å². The minimum absolute atomic E-state index is 0.0363. The Morgan fingerprint density at radius 1 is 1.00 bits per heavy atom. The second-order valence-electron chi connectivity index (χ2n) is 8.59. The summed E-state index contributed by atoms with van der Waals surface area (Å²) in [6, 6.07) is 23.1. The predicted octanol–water partition coefficient (Wildman–Crippen LogP) is 5.35. The van der Waals surface area contributed by atoms with Crippen molar-refractivity contribution >= 4 is 29.1 Å². The molecule has 1 amide bonds. The van der Waals surface area contributed by atoms with Crippen LogP contribution in [-0.4, -0.2) is 45.9 Å². The fourth-order valence-corrected chi connectivity index (χ4v) is 5.12. The summed E-state index contributed by atoms with van der Waals surface area (Å²) in [4.78, 5) is 27.0. The molecule has 0 unspecified atom stereocenters. The summed E-state index contributed by atoms with van der Waals surface area (Å²) in [7, 11) is 1.63. The van der Waals surface area contributed by atoms with E-state index in [2.05, 4.69) is 10.2 Å². The van der Waals surface area contributed by atoms with Crippen LogP contribution in [0.5, 0.6) is 5.75 Å². The number of carbonyl (C=O) groups is 2. The highest BCUT2D eigenvalue weighted by Gasteiger charge is 2.23. The first-order valence-corrected chi connectivity index (χ1v) is 12.8. The number of ether oxygens (including phenoxy) is 1. The second kappa shape index (κ2) is 10.4. The number of methoxy groups -OCH3 is 1. The molecule has 182 valence electrons. The fraction of sp³-hybridized carbons (Fsp3) is 0.214. The van der Waals surface area contributed by atoms with Gasteiger partial charge in [0.1, 0.15) is 5.75 Å². The number of thioether (sulfide) groups is 1. The van der Waals surface area contributed by atoms with Crippen molar-refractivity contribution < 1.29 is 14.3 Å². The number of nitrogens with zero attached hydrogens (tertiary/aromatic N) is 4. The zero-order valence-electron chi connectivity index (χ0n) is 20.2. The van der Waals surface area contributed by atoms with E-state index in [1.807, 2.05) is 72.2 Å². The Labute approximate surface area is 214 Å². The van der Waals surface area contributed by atoms with E-state index in [0.29, 0.717) is 35.3 Å². The molecule has 8 heteroatoms. The Kier molecular flexibility index (Phi) is 6.86. The first kappa shape index (κ1) is 23.8. The van der Waals surface area contributed by atoms with Gasteiger partial charge in [-0.2, -0.15) is 0 Å². The van der Waals surface area contributed by atoms with E-state index in [9.17, 15) is 9.59 Å². The molecule has 0 N–H and O–H groups in total. The number of Topliss-reactive ketones (excluding diaryl/α,β-unsaturated/α-hetero) is 1. The van der Waals surface area contributed by atoms with Gasteiger partial charge >= 0.3 is 0 Å². The van der Waals surface area contributed by atoms with Crippen molar-refractivity contribution in [1.29, 1.82) is 0 Å². The molecule has 4 aromatic rings. The molecule has 0 spiro atoms. The van der Waals surface area contributed by atoms with Crippen molar-refractivity contribution in [2.45, 2.75) is 24.9 Å². The van der Waals surface area contributed by atoms with Crippen LogP contribution in [0.3, 0.4) is 0 Å². The zero-order chi connectivity index (χ0) is 25.1. The highest BCUT2D eigenvalue weighted by molar-refractivity contribution is 7.99. The van der Waals surface area contributed by atoms with Crippen molar-refractivity contribution in [1.82, 2.24) is 14.8 Å². The smallest absolute Gasteiger partial charge is 0.227 e.